The predicted molar refractivity (Wildman–Crippen MR) is 134 cm³/mol. The first-order valence-electron chi connectivity index (χ1n) is 11.8. The fraction of sp³-hybridized carbons (Fsp3) is 0.179. The third-order valence-electron chi connectivity index (χ3n) is 7.37. The van der Waals surface area contributed by atoms with Crippen LogP contribution in [0.4, 0.5) is 11.4 Å². The highest BCUT2D eigenvalue weighted by atomic mass is 16.6. The summed E-state index contributed by atoms with van der Waals surface area (Å²) in [6, 6.07) is 18.2. The normalized spacial score (nSPS) is 23.5. The molecule has 3 aromatic carbocycles. The van der Waals surface area contributed by atoms with Crippen LogP contribution in [0.5, 0.6) is 5.75 Å². The molecular formula is C28H21N3O6. The van der Waals surface area contributed by atoms with Gasteiger partial charge in [-0.25, -0.2) is 4.90 Å². The summed E-state index contributed by atoms with van der Waals surface area (Å²) in [5.41, 5.74) is 0.521. The van der Waals surface area contributed by atoms with E-state index in [2.05, 4.69) is 0 Å². The maximum atomic E-state index is 13.9. The molecule has 3 heterocycles. The average molecular weight is 495 g/mol. The summed E-state index contributed by atoms with van der Waals surface area (Å²) in [6.07, 6.45) is 3.78. The summed E-state index contributed by atoms with van der Waals surface area (Å²) < 4.78 is 5.19. The van der Waals surface area contributed by atoms with E-state index in [1.807, 2.05) is 41.4 Å². The van der Waals surface area contributed by atoms with E-state index in [-0.39, 0.29) is 22.9 Å². The van der Waals surface area contributed by atoms with Crippen LogP contribution in [0.2, 0.25) is 0 Å². The minimum absolute atomic E-state index is 0.136. The zero-order valence-corrected chi connectivity index (χ0v) is 19.7. The lowest BCUT2D eigenvalue weighted by atomic mass is 9.86. The molecule has 0 saturated carbocycles. The van der Waals surface area contributed by atoms with Gasteiger partial charge in [0, 0.05) is 23.9 Å². The van der Waals surface area contributed by atoms with Crippen molar-refractivity contribution in [1.29, 1.82) is 0 Å². The van der Waals surface area contributed by atoms with Crippen molar-refractivity contribution in [2.45, 2.75) is 12.1 Å². The van der Waals surface area contributed by atoms with Crippen LogP contribution in [0, 0.1) is 22.0 Å². The van der Waals surface area contributed by atoms with Gasteiger partial charge < -0.3 is 9.64 Å². The van der Waals surface area contributed by atoms with Gasteiger partial charge in [0.05, 0.1) is 35.6 Å². The Morgan fingerprint density at radius 2 is 1.54 bits per heavy atom. The molecule has 2 fully saturated rings. The third kappa shape index (κ3) is 3.42. The number of carbonyl (C=O) groups excluding carboxylic acids is 3. The molecule has 0 N–H and O–H groups in total. The number of Topliss-reactive ketones (excluding diaryl/α,β-unsaturated/α-hetero) is 1. The van der Waals surface area contributed by atoms with Crippen LogP contribution in [0.3, 0.4) is 0 Å². The first-order valence-corrected chi connectivity index (χ1v) is 11.8. The van der Waals surface area contributed by atoms with E-state index in [0.717, 1.165) is 15.3 Å². The van der Waals surface area contributed by atoms with E-state index in [1.165, 1.54) is 31.4 Å². The number of ketones is 1. The van der Waals surface area contributed by atoms with Crippen molar-refractivity contribution in [3.8, 4) is 5.75 Å². The number of hydrogen-bond acceptors (Lipinski definition) is 7. The van der Waals surface area contributed by atoms with E-state index >= 15 is 0 Å². The number of nitro benzene ring substituents is 1. The summed E-state index contributed by atoms with van der Waals surface area (Å²) >= 11 is 0. The van der Waals surface area contributed by atoms with E-state index in [0.29, 0.717) is 11.4 Å². The van der Waals surface area contributed by atoms with Crippen molar-refractivity contribution in [3.05, 3.63) is 98.9 Å². The number of carbonyl (C=O) groups is 3. The Kier molecular flexibility index (Phi) is 5.15. The second kappa shape index (κ2) is 8.41. The lowest BCUT2D eigenvalue weighted by molar-refractivity contribution is -0.384. The Balaban J connectivity index is 1.46. The summed E-state index contributed by atoms with van der Waals surface area (Å²) in [5.74, 6) is -2.25. The number of hydrogen-bond donors (Lipinski definition) is 0. The first-order chi connectivity index (χ1) is 17.9. The summed E-state index contributed by atoms with van der Waals surface area (Å²) in [6.45, 7) is 0. The number of amides is 2. The topological polar surface area (TPSA) is 110 Å². The number of anilines is 1. The number of methoxy groups -OCH3 is 1. The van der Waals surface area contributed by atoms with Gasteiger partial charge in [-0.3, -0.25) is 24.5 Å². The largest absolute Gasteiger partial charge is 0.497 e. The number of nitrogens with zero attached hydrogens (tertiary/aromatic N) is 3. The zero-order valence-electron chi connectivity index (χ0n) is 19.7. The van der Waals surface area contributed by atoms with Gasteiger partial charge in [-0.15, -0.1) is 0 Å². The molecule has 6 rings (SSSR count). The smallest absolute Gasteiger partial charge is 0.269 e. The molecule has 0 bridgehead atoms. The second-order valence-corrected chi connectivity index (χ2v) is 9.24. The van der Waals surface area contributed by atoms with Crippen molar-refractivity contribution < 1.29 is 24.0 Å². The predicted octanol–water partition coefficient (Wildman–Crippen LogP) is 1.88. The summed E-state index contributed by atoms with van der Waals surface area (Å²) in [7, 11) is 1.53. The number of imide groups is 1. The van der Waals surface area contributed by atoms with Gasteiger partial charge in [-0.2, -0.15) is 0 Å². The number of non-ortho nitro benzene ring substituents is 1. The molecule has 9 heteroatoms. The zero-order chi connectivity index (χ0) is 25.8. The molecule has 2 unspecified atom stereocenters. The Morgan fingerprint density at radius 3 is 2.19 bits per heavy atom. The monoisotopic (exact) mass is 495 g/mol. The highest BCUT2D eigenvalue weighted by molar-refractivity contribution is 6.25. The molecule has 2 amide bonds. The molecule has 0 aromatic heterocycles. The quantitative estimate of drug-likeness (QED) is 0.230. The highest BCUT2D eigenvalue weighted by Gasteiger charge is 2.63. The van der Waals surface area contributed by atoms with Gasteiger partial charge in [0.1, 0.15) is 11.8 Å². The Labute approximate surface area is 211 Å². The number of benzene rings is 3. The van der Waals surface area contributed by atoms with Crippen molar-refractivity contribution in [3.63, 3.8) is 0 Å². The second-order valence-electron chi connectivity index (χ2n) is 9.24. The maximum Gasteiger partial charge on any atom is 0.269 e. The molecule has 0 radical (unpaired) electrons. The molecular weight excluding hydrogens is 474 g/mol. The molecule has 3 aliphatic heterocycles. The number of fused-ring (bicyclic) bond motifs is 4. The van der Waals surface area contributed by atoms with Gasteiger partial charge in [-0.1, -0.05) is 30.3 Å². The van der Waals surface area contributed by atoms with Gasteiger partial charge in [0.15, 0.2) is 5.78 Å². The lowest BCUT2D eigenvalue weighted by Gasteiger charge is -2.32. The van der Waals surface area contributed by atoms with Crippen LogP contribution in [0.1, 0.15) is 10.4 Å². The molecule has 9 nitrogen and oxygen atoms in total. The standard InChI is InChI=1S/C28H21N3O6/c1-37-21-12-10-19(11-13-21)30-27(33)23-22-14-17-4-2-3-5-18(17)15-29(22)25(24(23)28(30)34)26(32)16-6-8-20(9-7-16)31(35)36/h2-15,22-25H,1H3/t22?,23-,24-,25?/m1/s1. The van der Waals surface area contributed by atoms with E-state index in [4.69, 9.17) is 4.74 Å². The SMILES string of the molecule is COc1ccc(N2C(=O)[C@@H]3C4C=c5ccccc5=CN4C(C(=O)c4ccc([N+](=O)[O-])cc4)[C@@H]3C2=O)cc1. The molecule has 3 aromatic rings. The van der Waals surface area contributed by atoms with Gasteiger partial charge in [0.2, 0.25) is 11.8 Å². The van der Waals surface area contributed by atoms with Crippen LogP contribution in [0.15, 0.2) is 72.8 Å². The average Bonchev–Trinajstić information content (AvgIpc) is 3.38. The maximum absolute atomic E-state index is 13.9. The van der Waals surface area contributed by atoms with Crippen molar-refractivity contribution in [1.82, 2.24) is 4.90 Å². The number of nitro groups is 1. The van der Waals surface area contributed by atoms with Gasteiger partial charge in [0.25, 0.3) is 5.69 Å². The van der Waals surface area contributed by atoms with Crippen molar-refractivity contribution in [2.24, 2.45) is 11.8 Å². The fourth-order valence-electron chi connectivity index (χ4n) is 5.64. The van der Waals surface area contributed by atoms with Crippen molar-refractivity contribution in [2.75, 3.05) is 12.0 Å². The minimum atomic E-state index is -0.944. The number of ether oxygens (including phenoxy) is 1. The lowest BCUT2D eigenvalue weighted by Crippen LogP contribution is -2.49. The Morgan fingerprint density at radius 1 is 0.892 bits per heavy atom. The van der Waals surface area contributed by atoms with Crippen LogP contribution in [0.25, 0.3) is 12.3 Å². The summed E-state index contributed by atoms with van der Waals surface area (Å²) in [5, 5.41) is 12.9. The van der Waals surface area contributed by atoms with Gasteiger partial charge >= 0.3 is 0 Å². The molecule has 0 spiro atoms. The fourth-order valence-corrected chi connectivity index (χ4v) is 5.64. The van der Waals surface area contributed by atoms with E-state index in [1.54, 1.807) is 24.3 Å². The summed E-state index contributed by atoms with van der Waals surface area (Å²) in [4.78, 5) is 55.0. The molecule has 0 aliphatic carbocycles. The Hall–Kier alpha value is -4.79. The van der Waals surface area contributed by atoms with Crippen LogP contribution in [-0.2, 0) is 9.59 Å². The van der Waals surface area contributed by atoms with Crippen LogP contribution < -0.4 is 20.1 Å². The first kappa shape index (κ1) is 22.7. The van der Waals surface area contributed by atoms with Crippen LogP contribution in [-0.4, -0.2) is 46.6 Å². The van der Waals surface area contributed by atoms with Crippen molar-refractivity contribution >= 4 is 41.2 Å². The van der Waals surface area contributed by atoms with E-state index < -0.39 is 34.7 Å². The number of rotatable bonds is 5. The van der Waals surface area contributed by atoms with Crippen LogP contribution >= 0.6 is 0 Å². The van der Waals surface area contributed by atoms with E-state index in [9.17, 15) is 24.5 Å². The molecule has 2 saturated heterocycles. The minimum Gasteiger partial charge on any atom is -0.497 e. The third-order valence-corrected chi connectivity index (χ3v) is 7.37. The Bertz CT molecular complexity index is 1580. The molecule has 184 valence electrons. The molecule has 3 aliphatic rings. The van der Waals surface area contributed by atoms with Gasteiger partial charge in [-0.05, 0) is 46.8 Å². The molecule has 4 atom stereocenters. The highest BCUT2D eigenvalue weighted by Crippen LogP contribution is 2.46. The molecule has 37 heavy (non-hydrogen) atoms.